The van der Waals surface area contributed by atoms with Crippen LogP contribution in [0.4, 0.5) is 0 Å². The van der Waals surface area contributed by atoms with Crippen LogP contribution in [-0.2, 0) is 9.53 Å². The topological polar surface area (TPSA) is 35.5 Å². The van der Waals surface area contributed by atoms with Crippen LogP contribution in [0.3, 0.4) is 0 Å². The first-order valence-electron chi connectivity index (χ1n) is 6.18. The van der Waals surface area contributed by atoms with Crippen molar-refractivity contribution in [1.29, 1.82) is 0 Å². The molecule has 0 spiro atoms. The second-order valence-corrected chi connectivity index (χ2v) is 8.23. The van der Waals surface area contributed by atoms with Crippen LogP contribution < -0.4 is 4.74 Å². The molecule has 2 atom stereocenters. The summed E-state index contributed by atoms with van der Waals surface area (Å²) in [6.45, 7) is 2.25. The van der Waals surface area contributed by atoms with Crippen molar-refractivity contribution in [2.75, 3.05) is 13.7 Å². The minimum atomic E-state index is -0.207. The lowest BCUT2D eigenvalue weighted by atomic mass is 10.1. The van der Waals surface area contributed by atoms with E-state index in [2.05, 4.69) is 31.9 Å². The Labute approximate surface area is 129 Å². The van der Waals surface area contributed by atoms with Crippen molar-refractivity contribution in [3.8, 4) is 5.75 Å². The normalized spacial score (nSPS) is 23.8. The zero-order valence-electron chi connectivity index (χ0n) is 10.9. The summed E-state index contributed by atoms with van der Waals surface area (Å²) in [5.41, 5.74) is 1.18. The molecule has 1 fully saturated rings. The molecule has 0 amide bonds. The Morgan fingerprint density at radius 1 is 1.32 bits per heavy atom. The number of hydrogen-bond acceptors (Lipinski definition) is 3. The van der Waals surface area contributed by atoms with Gasteiger partial charge in [-0.1, -0.05) is 44.0 Å². The van der Waals surface area contributed by atoms with Crippen molar-refractivity contribution < 1.29 is 14.3 Å². The molecule has 2 unspecified atom stereocenters. The van der Waals surface area contributed by atoms with E-state index in [1.165, 1.54) is 5.56 Å². The van der Waals surface area contributed by atoms with Gasteiger partial charge in [-0.3, -0.25) is 4.79 Å². The van der Waals surface area contributed by atoms with E-state index in [9.17, 15) is 4.79 Å². The van der Waals surface area contributed by atoms with E-state index in [1.807, 2.05) is 31.2 Å². The Kier molecular flexibility index (Phi) is 4.56. The number of rotatable bonds is 5. The summed E-state index contributed by atoms with van der Waals surface area (Å²) < 4.78 is 9.95. The van der Waals surface area contributed by atoms with Gasteiger partial charge in [0.05, 0.1) is 23.4 Å². The SMILES string of the molecule is CCOC(=O)CC1C(c2ccc(OC)cc2)C1(Br)Br. The predicted molar refractivity (Wildman–Crippen MR) is 81.1 cm³/mol. The van der Waals surface area contributed by atoms with E-state index < -0.39 is 0 Å². The molecule has 0 bridgehead atoms. The number of carbonyl (C=O) groups excluding carboxylic acids is 1. The Hall–Kier alpha value is -0.550. The lowest BCUT2D eigenvalue weighted by Crippen LogP contribution is -2.06. The lowest BCUT2D eigenvalue weighted by Gasteiger charge is -2.03. The minimum absolute atomic E-state index is 0.146. The standard InChI is InChI=1S/C14H16Br2O3/c1-3-19-12(17)8-11-13(14(11,15)16)9-4-6-10(18-2)7-5-9/h4-7,11,13H,3,8H2,1-2H3. The van der Waals surface area contributed by atoms with Crippen LogP contribution >= 0.6 is 31.9 Å². The highest BCUT2D eigenvalue weighted by molar-refractivity contribution is 9.25. The number of benzene rings is 1. The maximum absolute atomic E-state index is 11.6. The van der Waals surface area contributed by atoms with Gasteiger partial charge in [0.15, 0.2) is 0 Å². The molecule has 1 saturated carbocycles. The molecule has 1 aliphatic rings. The summed E-state index contributed by atoms with van der Waals surface area (Å²) >= 11 is 7.30. The highest BCUT2D eigenvalue weighted by atomic mass is 79.9. The number of alkyl halides is 2. The summed E-state index contributed by atoms with van der Waals surface area (Å²) in [4.78, 5) is 11.6. The van der Waals surface area contributed by atoms with Crippen molar-refractivity contribution >= 4 is 37.8 Å². The van der Waals surface area contributed by atoms with Gasteiger partial charge in [0.25, 0.3) is 0 Å². The van der Waals surface area contributed by atoms with Crippen molar-refractivity contribution in [2.45, 2.75) is 22.5 Å². The van der Waals surface area contributed by atoms with Crippen molar-refractivity contribution in [3.05, 3.63) is 29.8 Å². The number of halogens is 2. The second kappa shape index (κ2) is 5.83. The van der Waals surface area contributed by atoms with Gasteiger partial charge >= 0.3 is 5.97 Å². The van der Waals surface area contributed by atoms with E-state index in [1.54, 1.807) is 7.11 Å². The fourth-order valence-electron chi connectivity index (χ4n) is 2.31. The first-order chi connectivity index (χ1) is 9.00. The average molecular weight is 392 g/mol. The summed E-state index contributed by atoms with van der Waals surface area (Å²) in [5, 5.41) is 0. The van der Waals surface area contributed by atoms with Crippen LogP contribution in [0, 0.1) is 5.92 Å². The third-order valence-electron chi connectivity index (χ3n) is 3.37. The Balaban J connectivity index is 2.06. The quantitative estimate of drug-likeness (QED) is 0.564. The minimum Gasteiger partial charge on any atom is -0.497 e. The number of methoxy groups -OCH3 is 1. The summed E-state index contributed by atoms with van der Waals surface area (Å²) in [6, 6.07) is 7.94. The monoisotopic (exact) mass is 390 g/mol. The molecule has 0 aromatic heterocycles. The zero-order valence-corrected chi connectivity index (χ0v) is 14.0. The average Bonchev–Trinajstić information content (AvgIpc) is 2.91. The van der Waals surface area contributed by atoms with Gasteiger partial charge < -0.3 is 9.47 Å². The molecular weight excluding hydrogens is 376 g/mol. The van der Waals surface area contributed by atoms with Gasteiger partial charge in [-0.15, -0.1) is 0 Å². The molecule has 5 heteroatoms. The van der Waals surface area contributed by atoms with E-state index in [-0.39, 0.29) is 21.0 Å². The van der Waals surface area contributed by atoms with Crippen LogP contribution in [-0.4, -0.2) is 22.9 Å². The molecule has 1 aliphatic carbocycles. The number of esters is 1. The lowest BCUT2D eigenvalue weighted by molar-refractivity contribution is -0.143. The van der Waals surface area contributed by atoms with E-state index >= 15 is 0 Å². The predicted octanol–water partition coefficient (Wildman–Crippen LogP) is 3.85. The fraction of sp³-hybridized carbons (Fsp3) is 0.500. The zero-order chi connectivity index (χ0) is 14.0. The van der Waals surface area contributed by atoms with Crippen LogP contribution in [0.25, 0.3) is 0 Å². The molecule has 19 heavy (non-hydrogen) atoms. The molecule has 0 aliphatic heterocycles. The number of carbonyl (C=O) groups is 1. The number of hydrogen-bond donors (Lipinski definition) is 0. The molecule has 0 heterocycles. The van der Waals surface area contributed by atoms with Crippen LogP contribution in [0.2, 0.25) is 0 Å². The summed E-state index contributed by atoms with van der Waals surface area (Å²) in [6.07, 6.45) is 0.418. The Bertz CT molecular complexity index is 456. The molecule has 2 rings (SSSR count). The molecular formula is C14H16Br2O3. The van der Waals surface area contributed by atoms with Gasteiger partial charge in [0.2, 0.25) is 0 Å². The highest BCUT2D eigenvalue weighted by Gasteiger charge is 2.62. The molecule has 0 radical (unpaired) electrons. The van der Waals surface area contributed by atoms with Crippen molar-refractivity contribution in [1.82, 2.24) is 0 Å². The van der Waals surface area contributed by atoms with E-state index in [0.29, 0.717) is 13.0 Å². The summed E-state index contributed by atoms with van der Waals surface area (Å²) in [7, 11) is 1.65. The molecule has 1 aromatic carbocycles. The van der Waals surface area contributed by atoms with Gasteiger partial charge in [-0.2, -0.15) is 0 Å². The summed E-state index contributed by atoms with van der Waals surface area (Å²) in [5.74, 6) is 1.16. The third-order valence-corrected chi connectivity index (χ3v) is 5.53. The van der Waals surface area contributed by atoms with Gasteiger partial charge in [0.1, 0.15) is 5.75 Å². The first kappa shape index (κ1) is 14.9. The van der Waals surface area contributed by atoms with Crippen molar-refractivity contribution in [3.63, 3.8) is 0 Å². The van der Waals surface area contributed by atoms with Gasteiger partial charge in [-0.05, 0) is 24.6 Å². The highest BCUT2D eigenvalue weighted by Crippen LogP contribution is 2.68. The van der Waals surface area contributed by atoms with Gasteiger partial charge in [-0.25, -0.2) is 0 Å². The van der Waals surface area contributed by atoms with E-state index in [0.717, 1.165) is 5.75 Å². The largest absolute Gasteiger partial charge is 0.497 e. The Morgan fingerprint density at radius 3 is 2.47 bits per heavy atom. The molecule has 0 saturated heterocycles. The van der Waals surface area contributed by atoms with Crippen LogP contribution in [0.15, 0.2) is 24.3 Å². The first-order valence-corrected chi connectivity index (χ1v) is 7.76. The third kappa shape index (κ3) is 3.14. The smallest absolute Gasteiger partial charge is 0.306 e. The molecule has 3 nitrogen and oxygen atoms in total. The maximum atomic E-state index is 11.6. The fourth-order valence-corrected chi connectivity index (χ4v) is 4.06. The number of ether oxygens (including phenoxy) is 2. The molecule has 1 aromatic rings. The van der Waals surface area contributed by atoms with Crippen molar-refractivity contribution in [2.24, 2.45) is 5.92 Å². The molecule has 104 valence electrons. The van der Waals surface area contributed by atoms with E-state index in [4.69, 9.17) is 9.47 Å². The van der Waals surface area contributed by atoms with Gasteiger partial charge in [0, 0.05) is 11.8 Å². The van der Waals surface area contributed by atoms with Crippen LogP contribution in [0.5, 0.6) is 5.75 Å². The second-order valence-electron chi connectivity index (χ2n) is 4.54. The molecule has 0 N–H and O–H groups in total. The Morgan fingerprint density at radius 2 is 1.95 bits per heavy atom. The maximum Gasteiger partial charge on any atom is 0.306 e. The van der Waals surface area contributed by atoms with Crippen LogP contribution in [0.1, 0.15) is 24.8 Å².